The Balaban J connectivity index is 3.82. The maximum atomic E-state index is 10.7. The van der Waals surface area contributed by atoms with Crippen molar-refractivity contribution in [2.24, 2.45) is 0 Å². The van der Waals surface area contributed by atoms with E-state index in [-0.39, 0.29) is 5.91 Å². The molecule has 0 atom stereocenters. The van der Waals surface area contributed by atoms with Crippen molar-refractivity contribution in [1.29, 1.82) is 0 Å². The van der Waals surface area contributed by atoms with Gasteiger partial charge in [0.1, 0.15) is 10.4 Å². The molecule has 0 aliphatic rings. The number of nitrogens with one attached hydrogen (secondary N) is 1. The van der Waals surface area contributed by atoms with E-state index in [2.05, 4.69) is 20.9 Å². The van der Waals surface area contributed by atoms with Crippen LogP contribution in [0.15, 0.2) is 0 Å². The molecule has 0 rings (SSSR count). The number of amides is 1. The monoisotopic (exact) mass is 195 g/mol. The first-order valence-corrected chi connectivity index (χ1v) is 4.19. The van der Waals surface area contributed by atoms with E-state index in [0.717, 1.165) is 10.4 Å². The molecule has 0 fully saturated rings. The fraction of sp³-hybridized carbons (Fsp3) is 0.750. The summed E-state index contributed by atoms with van der Waals surface area (Å²) in [6.07, 6.45) is 0. The van der Waals surface area contributed by atoms with Gasteiger partial charge >= 0.3 is 0 Å². The zero-order valence-electron chi connectivity index (χ0n) is 5.29. The van der Waals surface area contributed by atoms with Gasteiger partial charge in [-0.2, -0.15) is 0 Å². The third-order valence-corrected chi connectivity index (χ3v) is 1.58. The van der Waals surface area contributed by atoms with E-state index < -0.39 is 4.32 Å². The van der Waals surface area contributed by atoms with E-state index in [1.165, 1.54) is 0 Å². The Kier molecular flexibility index (Phi) is 2.69. The highest BCUT2D eigenvalue weighted by Crippen LogP contribution is 2.14. The molecule has 0 bridgehead atoms. The van der Waals surface area contributed by atoms with E-state index >= 15 is 0 Å². The van der Waals surface area contributed by atoms with Gasteiger partial charge in [0.05, 0.1) is 4.32 Å². The SMILES string of the molecule is CC(C)(Br)C(=O)N[SiH3]. The van der Waals surface area contributed by atoms with Crippen LogP contribution in [0.3, 0.4) is 0 Å². The highest BCUT2D eigenvalue weighted by molar-refractivity contribution is 9.10. The number of halogens is 1. The summed E-state index contributed by atoms with van der Waals surface area (Å²) in [5.41, 5.74) is 0. The first kappa shape index (κ1) is 8.17. The molecule has 0 saturated heterocycles. The van der Waals surface area contributed by atoms with Crippen LogP contribution in [0.1, 0.15) is 13.8 Å². The van der Waals surface area contributed by atoms with Crippen molar-refractivity contribution < 1.29 is 4.79 Å². The summed E-state index contributed by atoms with van der Waals surface area (Å²) in [5, 5.41) is 0. The van der Waals surface area contributed by atoms with Crippen LogP contribution in [0.2, 0.25) is 0 Å². The molecule has 1 N–H and O–H groups in total. The molecule has 0 aromatic heterocycles. The fourth-order valence-corrected chi connectivity index (χ4v) is 1.49. The molecule has 0 aliphatic carbocycles. The first-order valence-electron chi connectivity index (χ1n) is 2.39. The second-order valence-electron chi connectivity index (χ2n) is 2.05. The van der Waals surface area contributed by atoms with E-state index in [0.29, 0.717) is 0 Å². The van der Waals surface area contributed by atoms with Crippen molar-refractivity contribution in [3.8, 4) is 0 Å². The molecule has 4 heteroatoms. The van der Waals surface area contributed by atoms with Gasteiger partial charge in [-0.05, 0) is 13.8 Å². The highest BCUT2D eigenvalue weighted by atomic mass is 79.9. The van der Waals surface area contributed by atoms with Crippen molar-refractivity contribution in [2.75, 3.05) is 0 Å². The minimum atomic E-state index is -0.394. The Morgan fingerprint density at radius 1 is 1.75 bits per heavy atom. The van der Waals surface area contributed by atoms with E-state index in [9.17, 15) is 4.79 Å². The van der Waals surface area contributed by atoms with Crippen LogP contribution in [0.5, 0.6) is 0 Å². The summed E-state index contributed by atoms with van der Waals surface area (Å²) in [4.78, 5) is 13.4. The first-order chi connectivity index (χ1) is 3.48. The summed E-state index contributed by atoms with van der Waals surface area (Å²) in [7, 11) is 0.724. The Labute approximate surface area is 60.7 Å². The third-order valence-electron chi connectivity index (χ3n) is 0.767. The van der Waals surface area contributed by atoms with Crippen LogP contribution in [0, 0.1) is 0 Å². The molecule has 0 heterocycles. The Bertz CT molecular complexity index is 98.7. The third kappa shape index (κ3) is 2.47. The minimum Gasteiger partial charge on any atom is -0.389 e. The van der Waals surface area contributed by atoms with Gasteiger partial charge in [-0.15, -0.1) is 0 Å². The molecule has 0 spiro atoms. The van der Waals surface area contributed by atoms with E-state index in [1.54, 1.807) is 0 Å². The van der Waals surface area contributed by atoms with Gasteiger partial charge in [-0.3, -0.25) is 4.79 Å². The summed E-state index contributed by atoms with van der Waals surface area (Å²) in [6.45, 7) is 3.64. The lowest BCUT2D eigenvalue weighted by Crippen LogP contribution is -2.35. The van der Waals surface area contributed by atoms with Gasteiger partial charge in [0.25, 0.3) is 0 Å². The van der Waals surface area contributed by atoms with Crippen LogP contribution < -0.4 is 4.98 Å². The van der Waals surface area contributed by atoms with E-state index in [4.69, 9.17) is 0 Å². The van der Waals surface area contributed by atoms with Crippen LogP contribution in [-0.2, 0) is 4.79 Å². The number of hydrogen-bond donors (Lipinski definition) is 1. The second-order valence-corrected chi connectivity index (χ2v) is 4.53. The lowest BCUT2D eigenvalue weighted by atomic mass is 10.2. The Morgan fingerprint density at radius 3 is 2.12 bits per heavy atom. The van der Waals surface area contributed by atoms with Gasteiger partial charge in [0.15, 0.2) is 0 Å². The lowest BCUT2D eigenvalue weighted by Gasteiger charge is -2.12. The molecule has 0 aromatic rings. The number of alkyl halides is 1. The zero-order valence-corrected chi connectivity index (χ0v) is 8.87. The molecular formula is C4H10BrNOSi. The van der Waals surface area contributed by atoms with E-state index in [1.807, 2.05) is 13.8 Å². The van der Waals surface area contributed by atoms with Gasteiger partial charge in [-0.1, -0.05) is 15.9 Å². The molecule has 0 aliphatic heterocycles. The van der Waals surface area contributed by atoms with Gasteiger partial charge in [-0.25, -0.2) is 0 Å². The van der Waals surface area contributed by atoms with Crippen molar-refractivity contribution >= 4 is 32.2 Å². The fourth-order valence-electron chi connectivity index (χ4n) is 0.297. The van der Waals surface area contributed by atoms with Crippen molar-refractivity contribution in [1.82, 2.24) is 4.98 Å². The molecule has 0 saturated carbocycles. The maximum absolute atomic E-state index is 10.7. The lowest BCUT2D eigenvalue weighted by molar-refractivity contribution is -0.120. The van der Waals surface area contributed by atoms with Crippen molar-refractivity contribution in [3.63, 3.8) is 0 Å². The molecule has 48 valence electrons. The molecule has 0 radical (unpaired) electrons. The Hall–Kier alpha value is 0.167. The molecule has 8 heavy (non-hydrogen) atoms. The molecule has 2 nitrogen and oxygen atoms in total. The average Bonchev–Trinajstić information content (AvgIpc) is 1.62. The summed E-state index contributed by atoms with van der Waals surface area (Å²) in [6, 6.07) is 0. The van der Waals surface area contributed by atoms with Crippen LogP contribution in [-0.4, -0.2) is 20.6 Å². The smallest absolute Gasteiger partial charge is 0.227 e. The molecular weight excluding hydrogens is 186 g/mol. The summed E-state index contributed by atoms with van der Waals surface area (Å²) < 4.78 is -0.394. The number of hydrogen-bond acceptors (Lipinski definition) is 1. The quantitative estimate of drug-likeness (QED) is 0.447. The molecule has 0 unspecified atom stereocenters. The van der Waals surface area contributed by atoms with Crippen molar-refractivity contribution in [3.05, 3.63) is 0 Å². The normalized spacial score (nSPS) is 11.4. The summed E-state index contributed by atoms with van der Waals surface area (Å²) >= 11 is 3.21. The molecule has 0 aromatic carbocycles. The Morgan fingerprint density at radius 2 is 2.12 bits per heavy atom. The van der Waals surface area contributed by atoms with Crippen molar-refractivity contribution in [2.45, 2.75) is 18.2 Å². The minimum absolute atomic E-state index is 0.0594. The predicted molar refractivity (Wildman–Crippen MR) is 41.1 cm³/mol. The molecule has 1 amide bonds. The van der Waals surface area contributed by atoms with Crippen LogP contribution in [0.4, 0.5) is 0 Å². The van der Waals surface area contributed by atoms with Gasteiger partial charge in [0, 0.05) is 0 Å². The number of rotatable bonds is 1. The largest absolute Gasteiger partial charge is 0.389 e. The number of carbonyl (C=O) groups excluding carboxylic acids is 1. The topological polar surface area (TPSA) is 29.1 Å². The van der Waals surface area contributed by atoms with Crippen LogP contribution >= 0.6 is 15.9 Å². The second kappa shape index (κ2) is 2.64. The number of carbonyl (C=O) groups is 1. The van der Waals surface area contributed by atoms with Gasteiger partial charge < -0.3 is 4.98 Å². The highest BCUT2D eigenvalue weighted by Gasteiger charge is 2.20. The average molecular weight is 196 g/mol. The predicted octanol–water partition coefficient (Wildman–Crippen LogP) is -0.444. The standard InChI is InChI=1S/C4H10BrNOSi/c1-4(2,5)3(7)6-8/h1-2,8H3,(H,6,7). The van der Waals surface area contributed by atoms with Gasteiger partial charge in [0.2, 0.25) is 5.91 Å². The van der Waals surface area contributed by atoms with Crippen LogP contribution in [0.25, 0.3) is 0 Å². The summed E-state index contributed by atoms with van der Waals surface area (Å²) in [5.74, 6) is 0.0594. The maximum Gasteiger partial charge on any atom is 0.227 e. The zero-order chi connectivity index (χ0) is 6.78.